The highest BCUT2D eigenvalue weighted by atomic mass is 16.6. The van der Waals surface area contributed by atoms with Crippen LogP contribution >= 0.6 is 0 Å². The van der Waals surface area contributed by atoms with Gasteiger partial charge in [0, 0.05) is 18.6 Å². The monoisotopic (exact) mass is 507 g/mol. The number of hydrogen-bond acceptors (Lipinski definition) is 7. The zero-order valence-corrected chi connectivity index (χ0v) is 22.2. The van der Waals surface area contributed by atoms with Crippen molar-refractivity contribution in [3.63, 3.8) is 0 Å². The molecule has 0 unspecified atom stereocenters. The van der Waals surface area contributed by atoms with Crippen molar-refractivity contribution < 1.29 is 24.4 Å². The molecule has 0 spiro atoms. The third kappa shape index (κ3) is 14.1. The molecule has 1 aromatic rings. The number of benzene rings is 1. The standard InChI is InChI=1S/C27H45N3O6/c1-4-5-6-7-8-9-10-11-12-13-14-15-25(31)28-24(21-36-26(32)20-29(2)3)27(33)22-16-18-23(19-17-22)30(34)35/h16-19,24,27,33H,4-15,20-21H2,1-3H3,(H,28,31)/t24-,27-/m1/s1. The molecule has 9 nitrogen and oxygen atoms in total. The van der Waals surface area contributed by atoms with Gasteiger partial charge in [-0.1, -0.05) is 71.1 Å². The number of hydrogen-bond donors (Lipinski definition) is 2. The Kier molecular flexibility index (Phi) is 16.4. The van der Waals surface area contributed by atoms with Crippen molar-refractivity contribution in [3.05, 3.63) is 39.9 Å². The normalized spacial score (nSPS) is 12.8. The Labute approximate surface area is 215 Å². The predicted octanol–water partition coefficient (Wildman–Crippen LogP) is 4.92. The minimum absolute atomic E-state index is 0.0764. The van der Waals surface area contributed by atoms with Gasteiger partial charge in [-0.2, -0.15) is 0 Å². The summed E-state index contributed by atoms with van der Waals surface area (Å²) in [6.45, 7) is 2.10. The molecule has 0 fully saturated rings. The van der Waals surface area contributed by atoms with Gasteiger partial charge in [0.2, 0.25) is 5.91 Å². The fourth-order valence-corrected chi connectivity index (χ4v) is 3.95. The second-order valence-corrected chi connectivity index (χ2v) is 9.67. The molecule has 0 aromatic heterocycles. The summed E-state index contributed by atoms with van der Waals surface area (Å²) < 4.78 is 5.27. The molecule has 9 heteroatoms. The molecule has 1 amide bonds. The van der Waals surface area contributed by atoms with E-state index in [0.29, 0.717) is 12.0 Å². The van der Waals surface area contributed by atoms with Crippen molar-refractivity contribution in [2.75, 3.05) is 27.2 Å². The quantitative estimate of drug-likeness (QED) is 0.111. The topological polar surface area (TPSA) is 122 Å². The fraction of sp³-hybridized carbons (Fsp3) is 0.704. The van der Waals surface area contributed by atoms with Gasteiger partial charge in [-0.05, 0) is 38.2 Å². The van der Waals surface area contributed by atoms with Crippen LogP contribution in [0.5, 0.6) is 0 Å². The van der Waals surface area contributed by atoms with Crippen molar-refractivity contribution >= 4 is 17.6 Å². The number of unbranched alkanes of at least 4 members (excludes halogenated alkanes) is 10. The Morgan fingerprint density at radius 1 is 0.972 bits per heavy atom. The largest absolute Gasteiger partial charge is 0.462 e. The van der Waals surface area contributed by atoms with E-state index in [1.54, 1.807) is 19.0 Å². The second-order valence-electron chi connectivity index (χ2n) is 9.67. The highest BCUT2D eigenvalue weighted by molar-refractivity contribution is 5.76. The molecule has 2 atom stereocenters. The van der Waals surface area contributed by atoms with Gasteiger partial charge < -0.3 is 15.2 Å². The van der Waals surface area contributed by atoms with E-state index in [2.05, 4.69) is 12.2 Å². The van der Waals surface area contributed by atoms with Crippen LogP contribution in [0.2, 0.25) is 0 Å². The number of aliphatic hydroxyl groups is 1. The van der Waals surface area contributed by atoms with Crippen molar-refractivity contribution in [1.82, 2.24) is 10.2 Å². The maximum Gasteiger partial charge on any atom is 0.320 e. The highest BCUT2D eigenvalue weighted by Gasteiger charge is 2.25. The van der Waals surface area contributed by atoms with Gasteiger partial charge in [0.05, 0.1) is 17.5 Å². The zero-order chi connectivity index (χ0) is 26.8. The molecule has 2 N–H and O–H groups in total. The summed E-state index contributed by atoms with van der Waals surface area (Å²) in [5.74, 6) is -0.693. The van der Waals surface area contributed by atoms with Crippen LogP contribution in [0, 0.1) is 10.1 Å². The maximum absolute atomic E-state index is 12.6. The lowest BCUT2D eigenvalue weighted by Crippen LogP contribution is -2.43. The average Bonchev–Trinajstić information content (AvgIpc) is 2.84. The molecule has 0 aliphatic heterocycles. The van der Waals surface area contributed by atoms with Gasteiger partial charge >= 0.3 is 5.97 Å². The molecule has 0 aliphatic rings. The lowest BCUT2D eigenvalue weighted by Gasteiger charge is -2.24. The summed E-state index contributed by atoms with van der Waals surface area (Å²) in [5, 5.41) is 24.5. The van der Waals surface area contributed by atoms with E-state index in [1.807, 2.05) is 0 Å². The fourth-order valence-electron chi connectivity index (χ4n) is 3.95. The van der Waals surface area contributed by atoms with Gasteiger partial charge in [-0.25, -0.2) is 0 Å². The second kappa shape index (κ2) is 18.7. The number of nitrogens with one attached hydrogen (secondary N) is 1. The number of rotatable bonds is 20. The first kappa shape index (κ1) is 31.5. The van der Waals surface area contributed by atoms with E-state index in [1.165, 1.54) is 75.6 Å². The van der Waals surface area contributed by atoms with Crippen molar-refractivity contribution in [2.24, 2.45) is 0 Å². The SMILES string of the molecule is CCCCCCCCCCCCCC(=O)N[C@H](COC(=O)CN(C)C)[C@H](O)c1ccc([N+](=O)[O-])cc1. The van der Waals surface area contributed by atoms with Crippen LogP contribution in [-0.2, 0) is 14.3 Å². The van der Waals surface area contributed by atoms with Crippen LogP contribution in [0.25, 0.3) is 0 Å². The number of nitrogens with zero attached hydrogens (tertiary/aromatic N) is 2. The van der Waals surface area contributed by atoms with Crippen LogP contribution in [0.1, 0.15) is 95.6 Å². The van der Waals surface area contributed by atoms with Gasteiger partial charge in [0.1, 0.15) is 12.7 Å². The van der Waals surface area contributed by atoms with E-state index in [0.717, 1.165) is 19.3 Å². The molecule has 0 heterocycles. The summed E-state index contributed by atoms with van der Waals surface area (Å²) in [6, 6.07) is 4.60. The van der Waals surface area contributed by atoms with Crippen LogP contribution in [0.4, 0.5) is 5.69 Å². The van der Waals surface area contributed by atoms with Crippen molar-refractivity contribution in [3.8, 4) is 0 Å². The number of aliphatic hydroxyl groups excluding tert-OH is 1. The summed E-state index contributed by atoms with van der Waals surface area (Å²) in [6.07, 6.45) is 12.2. The third-order valence-corrected chi connectivity index (χ3v) is 6.05. The molecule has 0 saturated heterocycles. The number of nitro benzene ring substituents is 1. The van der Waals surface area contributed by atoms with E-state index in [-0.39, 0.29) is 24.7 Å². The summed E-state index contributed by atoms with van der Waals surface area (Å²) in [4.78, 5) is 36.6. The summed E-state index contributed by atoms with van der Waals surface area (Å²) in [5.41, 5.74) is 0.296. The Balaban J connectivity index is 2.49. The first-order valence-electron chi connectivity index (χ1n) is 13.3. The lowest BCUT2D eigenvalue weighted by molar-refractivity contribution is -0.384. The number of carbonyl (C=O) groups is 2. The van der Waals surface area contributed by atoms with Gasteiger partial charge in [0.15, 0.2) is 0 Å². The molecule has 0 aliphatic carbocycles. The van der Waals surface area contributed by atoms with E-state index in [4.69, 9.17) is 4.74 Å². The smallest absolute Gasteiger partial charge is 0.320 e. The summed E-state index contributed by atoms with van der Waals surface area (Å²) >= 11 is 0. The average molecular weight is 508 g/mol. The van der Waals surface area contributed by atoms with Gasteiger partial charge in [0.25, 0.3) is 5.69 Å². The number of non-ortho nitro benzene ring substituents is 1. The highest BCUT2D eigenvalue weighted by Crippen LogP contribution is 2.21. The first-order chi connectivity index (χ1) is 17.2. The van der Waals surface area contributed by atoms with E-state index in [9.17, 15) is 24.8 Å². The third-order valence-electron chi connectivity index (χ3n) is 6.05. The minimum atomic E-state index is -1.18. The van der Waals surface area contributed by atoms with Crippen LogP contribution in [0.15, 0.2) is 24.3 Å². The number of carbonyl (C=O) groups excluding carboxylic acids is 2. The predicted molar refractivity (Wildman–Crippen MR) is 141 cm³/mol. The van der Waals surface area contributed by atoms with E-state index < -0.39 is 23.0 Å². The Hall–Kier alpha value is -2.52. The number of likely N-dealkylation sites (N-methyl/N-ethyl adjacent to an activating group) is 1. The van der Waals surface area contributed by atoms with Gasteiger partial charge in [-0.15, -0.1) is 0 Å². The Morgan fingerprint density at radius 2 is 1.50 bits per heavy atom. The van der Waals surface area contributed by atoms with Crippen LogP contribution in [-0.4, -0.2) is 60.1 Å². The van der Waals surface area contributed by atoms with Gasteiger partial charge in [-0.3, -0.25) is 24.6 Å². The number of amides is 1. The number of ether oxygens (including phenoxy) is 1. The number of nitro groups is 1. The van der Waals surface area contributed by atoms with Crippen molar-refractivity contribution in [1.29, 1.82) is 0 Å². The lowest BCUT2D eigenvalue weighted by atomic mass is 10.0. The zero-order valence-electron chi connectivity index (χ0n) is 22.2. The molecular formula is C27H45N3O6. The Morgan fingerprint density at radius 3 is 2.00 bits per heavy atom. The molecule has 0 radical (unpaired) electrons. The Bertz CT molecular complexity index is 769. The maximum atomic E-state index is 12.6. The first-order valence-corrected chi connectivity index (χ1v) is 13.3. The van der Waals surface area contributed by atoms with Crippen molar-refractivity contribution in [2.45, 2.75) is 96.1 Å². The van der Waals surface area contributed by atoms with Crippen LogP contribution in [0.3, 0.4) is 0 Å². The number of esters is 1. The minimum Gasteiger partial charge on any atom is -0.462 e. The molecule has 0 bridgehead atoms. The molecule has 0 saturated carbocycles. The molecule has 1 rings (SSSR count). The van der Waals surface area contributed by atoms with Crippen LogP contribution < -0.4 is 5.32 Å². The summed E-state index contributed by atoms with van der Waals surface area (Å²) in [7, 11) is 3.47. The molecule has 1 aromatic carbocycles. The van der Waals surface area contributed by atoms with E-state index >= 15 is 0 Å². The molecule has 204 valence electrons. The molecular weight excluding hydrogens is 462 g/mol. The molecule has 36 heavy (non-hydrogen) atoms.